The first kappa shape index (κ1) is 25.7. The van der Waals surface area contributed by atoms with Gasteiger partial charge in [0.05, 0.1) is 4.90 Å². The third kappa shape index (κ3) is 5.37. The number of urea groups is 1. The maximum Gasteiger partial charge on any atom is 0.317 e. The summed E-state index contributed by atoms with van der Waals surface area (Å²) < 4.78 is 29.8. The second-order valence-electron chi connectivity index (χ2n) is 9.20. The van der Waals surface area contributed by atoms with Crippen LogP contribution in [0.15, 0.2) is 65.6 Å². The molecule has 3 aromatic rings. The van der Waals surface area contributed by atoms with Crippen molar-refractivity contribution in [2.75, 3.05) is 25.0 Å². The zero-order valence-corrected chi connectivity index (χ0v) is 21.6. The molecule has 0 bridgehead atoms. The van der Waals surface area contributed by atoms with E-state index in [0.717, 1.165) is 5.56 Å². The fraction of sp³-hybridized carbons (Fsp3) is 0.333. The van der Waals surface area contributed by atoms with Crippen LogP contribution in [0, 0.1) is 12.8 Å². The summed E-state index contributed by atoms with van der Waals surface area (Å²) >= 11 is 0. The third-order valence-electron chi connectivity index (χ3n) is 6.64. The number of hydrogen-bond acceptors (Lipinski definition) is 4. The second-order valence-corrected chi connectivity index (χ2v) is 10.9. The van der Waals surface area contributed by atoms with Crippen LogP contribution in [0.25, 0.3) is 10.8 Å². The Morgan fingerprint density at radius 1 is 1.00 bits per heavy atom. The fourth-order valence-electron chi connectivity index (χ4n) is 4.66. The van der Waals surface area contributed by atoms with E-state index in [1.54, 1.807) is 35.2 Å². The van der Waals surface area contributed by atoms with E-state index in [-0.39, 0.29) is 28.8 Å². The number of rotatable bonds is 6. The van der Waals surface area contributed by atoms with Crippen molar-refractivity contribution >= 4 is 38.4 Å². The average molecular weight is 509 g/mol. The molecule has 1 aliphatic heterocycles. The number of fused-ring (bicyclic) bond motifs is 1. The monoisotopic (exact) mass is 508 g/mol. The molecule has 1 saturated heterocycles. The molecule has 8 nitrogen and oxygen atoms in total. The predicted molar refractivity (Wildman–Crippen MR) is 142 cm³/mol. The van der Waals surface area contributed by atoms with E-state index in [0.29, 0.717) is 48.1 Å². The van der Waals surface area contributed by atoms with E-state index in [4.69, 9.17) is 0 Å². The second kappa shape index (κ2) is 10.7. The Kier molecular flexibility index (Phi) is 7.61. The van der Waals surface area contributed by atoms with Crippen LogP contribution in [-0.4, -0.2) is 50.9 Å². The SMILES string of the molecule is CCNC(=O)N1CC[C@H](NS(=O)(=O)c2ccc(NC(=O)c3ccccc3C)c3ccccc23)[C@H](C)C1. The van der Waals surface area contributed by atoms with Gasteiger partial charge in [0.1, 0.15) is 0 Å². The van der Waals surface area contributed by atoms with Gasteiger partial charge in [-0.25, -0.2) is 17.9 Å². The number of aryl methyl sites for hydroxylation is 1. The molecule has 0 unspecified atom stereocenters. The fourth-order valence-corrected chi connectivity index (χ4v) is 6.25. The molecule has 1 aliphatic rings. The summed E-state index contributed by atoms with van der Waals surface area (Å²) in [5.74, 6) is -0.297. The van der Waals surface area contributed by atoms with Crippen LogP contribution in [0.1, 0.15) is 36.2 Å². The topological polar surface area (TPSA) is 108 Å². The lowest BCUT2D eigenvalue weighted by Crippen LogP contribution is -2.53. The Morgan fingerprint density at radius 2 is 1.69 bits per heavy atom. The first-order chi connectivity index (χ1) is 17.2. The molecule has 1 heterocycles. The van der Waals surface area contributed by atoms with Gasteiger partial charge in [-0.1, -0.05) is 49.4 Å². The molecule has 0 saturated carbocycles. The number of benzene rings is 3. The Labute approximate surface area is 212 Å². The first-order valence-electron chi connectivity index (χ1n) is 12.1. The summed E-state index contributed by atoms with van der Waals surface area (Å²) in [5, 5.41) is 6.90. The van der Waals surface area contributed by atoms with E-state index in [1.165, 1.54) is 6.07 Å². The number of nitrogens with one attached hydrogen (secondary N) is 3. The van der Waals surface area contributed by atoms with Crippen molar-refractivity contribution < 1.29 is 18.0 Å². The van der Waals surface area contributed by atoms with Crippen molar-refractivity contribution in [3.8, 4) is 0 Å². The summed E-state index contributed by atoms with van der Waals surface area (Å²) in [6.45, 7) is 7.19. The van der Waals surface area contributed by atoms with Crippen LogP contribution in [0.3, 0.4) is 0 Å². The Morgan fingerprint density at radius 3 is 2.39 bits per heavy atom. The summed E-state index contributed by atoms with van der Waals surface area (Å²) in [5.41, 5.74) is 1.96. The predicted octanol–water partition coefficient (Wildman–Crippen LogP) is 4.12. The van der Waals surface area contributed by atoms with Crippen LogP contribution in [0.4, 0.5) is 10.5 Å². The van der Waals surface area contributed by atoms with E-state index in [1.807, 2.05) is 45.0 Å². The molecule has 0 aromatic heterocycles. The molecule has 9 heteroatoms. The minimum atomic E-state index is -3.85. The molecule has 0 radical (unpaired) electrons. The van der Waals surface area contributed by atoms with Crippen LogP contribution >= 0.6 is 0 Å². The van der Waals surface area contributed by atoms with Crippen molar-refractivity contribution in [1.29, 1.82) is 0 Å². The van der Waals surface area contributed by atoms with Gasteiger partial charge in [0.2, 0.25) is 10.0 Å². The highest BCUT2D eigenvalue weighted by Crippen LogP contribution is 2.31. The van der Waals surface area contributed by atoms with Gasteiger partial charge in [-0.3, -0.25) is 4.79 Å². The van der Waals surface area contributed by atoms with Gasteiger partial charge >= 0.3 is 6.03 Å². The number of nitrogens with zero attached hydrogens (tertiary/aromatic N) is 1. The molecule has 4 rings (SSSR count). The quantitative estimate of drug-likeness (QED) is 0.466. The lowest BCUT2D eigenvalue weighted by atomic mass is 9.95. The Bertz CT molecular complexity index is 1390. The number of likely N-dealkylation sites (tertiary alicyclic amines) is 1. The van der Waals surface area contributed by atoms with Gasteiger partial charge in [-0.05, 0) is 49.9 Å². The van der Waals surface area contributed by atoms with Crippen LogP contribution in [0.2, 0.25) is 0 Å². The normalized spacial score (nSPS) is 18.1. The van der Waals surface area contributed by atoms with Crippen molar-refractivity contribution in [1.82, 2.24) is 14.9 Å². The molecular formula is C27H32N4O4S. The molecular weight excluding hydrogens is 476 g/mol. The molecule has 2 atom stereocenters. The third-order valence-corrected chi connectivity index (χ3v) is 8.19. The smallest absolute Gasteiger partial charge is 0.317 e. The molecule has 0 spiro atoms. The summed E-state index contributed by atoms with van der Waals surface area (Å²) in [6, 6.07) is 17.2. The number of carbonyl (C=O) groups is 2. The van der Waals surface area contributed by atoms with Crippen LogP contribution in [0.5, 0.6) is 0 Å². The highest BCUT2D eigenvalue weighted by Gasteiger charge is 2.32. The number of hydrogen-bond donors (Lipinski definition) is 3. The maximum atomic E-state index is 13.5. The molecule has 0 aliphatic carbocycles. The van der Waals surface area contributed by atoms with Gasteiger partial charge in [0, 0.05) is 47.7 Å². The van der Waals surface area contributed by atoms with Crippen molar-refractivity contribution in [3.05, 3.63) is 71.8 Å². The minimum absolute atomic E-state index is 0.0462. The summed E-state index contributed by atoms with van der Waals surface area (Å²) in [7, 11) is -3.85. The largest absolute Gasteiger partial charge is 0.338 e. The van der Waals surface area contributed by atoms with Crippen LogP contribution in [-0.2, 0) is 10.0 Å². The van der Waals surface area contributed by atoms with E-state index >= 15 is 0 Å². The van der Waals surface area contributed by atoms with Crippen molar-refractivity contribution in [2.24, 2.45) is 5.92 Å². The van der Waals surface area contributed by atoms with Crippen molar-refractivity contribution in [2.45, 2.75) is 38.1 Å². The average Bonchev–Trinajstić information content (AvgIpc) is 2.85. The lowest BCUT2D eigenvalue weighted by Gasteiger charge is -2.37. The molecule has 3 aromatic carbocycles. The molecule has 3 N–H and O–H groups in total. The molecule has 36 heavy (non-hydrogen) atoms. The van der Waals surface area contributed by atoms with Gasteiger partial charge in [0.15, 0.2) is 0 Å². The van der Waals surface area contributed by atoms with E-state index in [2.05, 4.69) is 15.4 Å². The van der Waals surface area contributed by atoms with Gasteiger partial charge in [-0.2, -0.15) is 0 Å². The highest BCUT2D eigenvalue weighted by molar-refractivity contribution is 7.89. The van der Waals surface area contributed by atoms with Gasteiger partial charge < -0.3 is 15.5 Å². The standard InChI is InChI=1S/C27H32N4O4S/c1-4-28-27(33)31-16-15-23(19(3)17-31)30-36(34,35)25-14-13-24(21-11-7-8-12-22(21)25)29-26(32)20-10-6-5-9-18(20)2/h5-14,19,23,30H,4,15-17H2,1-3H3,(H,28,33)(H,29,32)/t19-,23+/m1/s1. The summed E-state index contributed by atoms with van der Waals surface area (Å²) in [4.78, 5) is 26.9. The minimum Gasteiger partial charge on any atom is -0.338 e. The first-order valence-corrected chi connectivity index (χ1v) is 13.6. The highest BCUT2D eigenvalue weighted by atomic mass is 32.2. The van der Waals surface area contributed by atoms with Gasteiger partial charge in [-0.15, -0.1) is 0 Å². The molecule has 1 fully saturated rings. The molecule has 3 amide bonds. The summed E-state index contributed by atoms with van der Waals surface area (Å²) in [6.07, 6.45) is 0.528. The number of carbonyl (C=O) groups excluding carboxylic acids is 2. The van der Waals surface area contributed by atoms with Crippen molar-refractivity contribution in [3.63, 3.8) is 0 Å². The van der Waals surface area contributed by atoms with Crippen LogP contribution < -0.4 is 15.4 Å². The van der Waals surface area contributed by atoms with E-state index < -0.39 is 10.0 Å². The number of piperidine rings is 1. The zero-order chi connectivity index (χ0) is 25.9. The number of anilines is 1. The number of amides is 3. The zero-order valence-electron chi connectivity index (χ0n) is 20.7. The maximum absolute atomic E-state index is 13.5. The Hall–Kier alpha value is -3.43. The van der Waals surface area contributed by atoms with E-state index in [9.17, 15) is 18.0 Å². The Balaban J connectivity index is 1.57. The lowest BCUT2D eigenvalue weighted by molar-refractivity contribution is 0.102. The van der Waals surface area contributed by atoms with Gasteiger partial charge in [0.25, 0.3) is 5.91 Å². The molecule has 190 valence electrons. The number of sulfonamides is 1.